The van der Waals surface area contributed by atoms with E-state index >= 15 is 0 Å². The molecule has 0 unspecified atom stereocenters. The molecule has 1 heterocycles. The van der Waals surface area contributed by atoms with Gasteiger partial charge in [-0.15, -0.1) is 0 Å². The summed E-state index contributed by atoms with van der Waals surface area (Å²) in [4.78, 5) is 26.5. The number of anilines is 1. The van der Waals surface area contributed by atoms with Gasteiger partial charge in [0.05, 0.1) is 25.6 Å². The molecule has 4 aromatic rings. The number of nitrogens with zero attached hydrogens (tertiary/aromatic N) is 2. The highest BCUT2D eigenvalue weighted by atomic mass is 32.2. The molecule has 35 heavy (non-hydrogen) atoms. The number of nitrogens with two attached hydrogens (primary N) is 1. The molecule has 4 rings (SSSR count). The number of aromatic amines is 1. The minimum absolute atomic E-state index is 0.267. The van der Waals surface area contributed by atoms with E-state index in [4.69, 9.17) is 14.8 Å². The number of hydrogen-bond acceptors (Lipinski definition) is 7. The highest BCUT2D eigenvalue weighted by Gasteiger charge is 2.24. The van der Waals surface area contributed by atoms with Crippen LogP contribution >= 0.6 is 12.2 Å². The van der Waals surface area contributed by atoms with Gasteiger partial charge in [-0.2, -0.15) is 0 Å². The summed E-state index contributed by atoms with van der Waals surface area (Å²) in [6, 6.07) is 17.2. The van der Waals surface area contributed by atoms with Crippen LogP contribution < -0.4 is 26.2 Å². The number of methoxy groups -OCH3 is 1. The van der Waals surface area contributed by atoms with Crippen molar-refractivity contribution in [1.82, 2.24) is 9.55 Å². The first kappa shape index (κ1) is 24.6. The predicted octanol–water partition coefficient (Wildman–Crippen LogP) is 4.54. The fraction of sp³-hybridized carbons (Fsp3) is 0.231. The molecule has 0 aliphatic rings. The van der Waals surface area contributed by atoms with Gasteiger partial charge in [0.2, 0.25) is 0 Å². The molecule has 0 saturated carbocycles. The zero-order valence-electron chi connectivity index (χ0n) is 20.3. The van der Waals surface area contributed by atoms with Crippen LogP contribution in [0, 0.1) is 0 Å². The van der Waals surface area contributed by atoms with Gasteiger partial charge in [0, 0.05) is 23.4 Å². The van der Waals surface area contributed by atoms with Crippen molar-refractivity contribution in [2.45, 2.75) is 26.2 Å². The Kier molecular flexibility index (Phi) is 6.75. The van der Waals surface area contributed by atoms with Crippen LogP contribution in [0.25, 0.3) is 27.6 Å². The molecule has 0 bridgehead atoms. The number of H-pyrrole nitrogens is 1. The first-order valence-electron chi connectivity index (χ1n) is 11.0. The molecule has 0 aliphatic heterocycles. The van der Waals surface area contributed by atoms with E-state index in [1.165, 1.54) is 21.2 Å². The number of ether oxygens (including phenoxy) is 1. The summed E-state index contributed by atoms with van der Waals surface area (Å²) in [6.07, 6.45) is 1.48. The van der Waals surface area contributed by atoms with Crippen molar-refractivity contribution in [3.63, 3.8) is 0 Å². The lowest BCUT2D eigenvalue weighted by atomic mass is 9.83. The number of benzene rings is 3. The largest absolute Gasteiger partial charge is 0.496 e. The van der Waals surface area contributed by atoms with Gasteiger partial charge in [0.25, 0.3) is 5.56 Å². The average Bonchev–Trinajstić information content (AvgIpc) is 2.82. The lowest BCUT2D eigenvalue weighted by Gasteiger charge is -2.26. The Labute approximate surface area is 207 Å². The summed E-state index contributed by atoms with van der Waals surface area (Å²) in [5.41, 5.74) is 2.96. The maximum absolute atomic E-state index is 12.6. The molecule has 8 nitrogen and oxygen atoms in total. The predicted molar refractivity (Wildman–Crippen MR) is 142 cm³/mol. The standard InChI is InChI=1S/C26H28N4O4S/c1-26(2,3)22-15-20(29-11-10-23(31)28-25(29)32)14-21(24(22)33-4)18-7-6-17-13-19(30(27)35-34-5)9-8-16(17)12-18/h6-15H,27H2,1-5H3,(H,28,31,32). The van der Waals surface area contributed by atoms with Gasteiger partial charge in [-0.3, -0.25) is 18.5 Å². The summed E-state index contributed by atoms with van der Waals surface area (Å²) < 4.78 is 13.8. The minimum atomic E-state index is -0.500. The van der Waals surface area contributed by atoms with Crippen molar-refractivity contribution in [2.24, 2.45) is 5.84 Å². The van der Waals surface area contributed by atoms with Gasteiger partial charge in [0.15, 0.2) is 0 Å². The Morgan fingerprint density at radius 2 is 1.69 bits per heavy atom. The fourth-order valence-electron chi connectivity index (χ4n) is 4.03. The highest BCUT2D eigenvalue weighted by Crippen LogP contribution is 2.42. The van der Waals surface area contributed by atoms with E-state index in [9.17, 15) is 9.59 Å². The van der Waals surface area contributed by atoms with Crippen LogP contribution in [0.15, 0.2) is 70.4 Å². The molecule has 3 N–H and O–H groups in total. The average molecular weight is 493 g/mol. The van der Waals surface area contributed by atoms with E-state index in [1.807, 2.05) is 42.5 Å². The summed E-state index contributed by atoms with van der Waals surface area (Å²) in [5, 5.41) is 2.04. The van der Waals surface area contributed by atoms with Gasteiger partial charge < -0.3 is 4.74 Å². The Hall–Kier alpha value is -3.53. The molecule has 3 aromatic carbocycles. The van der Waals surface area contributed by atoms with Gasteiger partial charge in [-0.05, 0) is 52.1 Å². The van der Waals surface area contributed by atoms with Crippen LogP contribution in [0.3, 0.4) is 0 Å². The maximum atomic E-state index is 12.6. The zero-order chi connectivity index (χ0) is 25.3. The summed E-state index contributed by atoms with van der Waals surface area (Å²) in [5.74, 6) is 6.75. The van der Waals surface area contributed by atoms with Gasteiger partial charge in [-0.25, -0.2) is 15.1 Å². The normalized spacial score (nSPS) is 11.6. The topological polar surface area (TPSA) is 103 Å². The SMILES string of the molecule is COSN(N)c1ccc2cc(-c3cc(-n4ccc(=O)[nH]c4=O)cc(C(C)(C)C)c3OC)ccc2c1. The molecule has 0 aliphatic carbocycles. The molecule has 0 atom stereocenters. The molecule has 182 valence electrons. The lowest BCUT2D eigenvalue weighted by molar-refractivity contribution is 0.399. The molecular formula is C26H28N4O4S. The number of nitrogens with one attached hydrogen (secondary N) is 1. The Bertz CT molecular complexity index is 1500. The van der Waals surface area contributed by atoms with Crippen LogP contribution in [0.5, 0.6) is 5.75 Å². The fourth-order valence-corrected chi connectivity index (χ4v) is 4.39. The number of hydrazine groups is 1. The van der Waals surface area contributed by atoms with Crippen molar-refractivity contribution in [2.75, 3.05) is 18.6 Å². The second-order valence-corrected chi connectivity index (χ2v) is 9.99. The third kappa shape index (κ3) is 4.97. The third-order valence-corrected chi connectivity index (χ3v) is 6.25. The highest BCUT2D eigenvalue weighted by molar-refractivity contribution is 7.95. The Morgan fingerprint density at radius 1 is 0.971 bits per heavy atom. The number of hydrogen-bond donors (Lipinski definition) is 2. The zero-order valence-corrected chi connectivity index (χ0v) is 21.1. The van der Waals surface area contributed by atoms with Crippen molar-refractivity contribution < 1.29 is 8.92 Å². The number of aromatic nitrogens is 2. The molecule has 0 radical (unpaired) electrons. The van der Waals surface area contributed by atoms with E-state index in [1.54, 1.807) is 14.2 Å². The lowest BCUT2D eigenvalue weighted by Crippen LogP contribution is -2.27. The molecule has 0 saturated heterocycles. The monoisotopic (exact) mass is 492 g/mol. The van der Waals surface area contributed by atoms with Crippen molar-refractivity contribution >= 4 is 28.7 Å². The summed E-state index contributed by atoms with van der Waals surface area (Å²) in [6.45, 7) is 6.27. The molecule has 1 aromatic heterocycles. The van der Waals surface area contributed by atoms with Crippen LogP contribution in [0.4, 0.5) is 5.69 Å². The number of fused-ring (bicyclic) bond motifs is 1. The van der Waals surface area contributed by atoms with Crippen molar-refractivity contribution in [1.29, 1.82) is 0 Å². The molecule has 0 fully saturated rings. The Morgan fingerprint density at radius 3 is 2.34 bits per heavy atom. The minimum Gasteiger partial charge on any atom is -0.496 e. The van der Waals surface area contributed by atoms with Crippen molar-refractivity contribution in [3.05, 3.63) is 87.2 Å². The van der Waals surface area contributed by atoms with Gasteiger partial charge >= 0.3 is 5.69 Å². The second-order valence-electron chi connectivity index (χ2n) is 9.12. The Balaban J connectivity index is 1.93. The second kappa shape index (κ2) is 9.61. The molecular weight excluding hydrogens is 464 g/mol. The number of rotatable bonds is 6. The first-order chi connectivity index (χ1) is 16.6. The van der Waals surface area contributed by atoms with E-state index in [0.29, 0.717) is 5.69 Å². The molecule has 0 spiro atoms. The van der Waals surface area contributed by atoms with Crippen LogP contribution in [-0.2, 0) is 9.60 Å². The van der Waals surface area contributed by atoms with Crippen LogP contribution in [-0.4, -0.2) is 23.8 Å². The maximum Gasteiger partial charge on any atom is 0.332 e. The van der Waals surface area contributed by atoms with E-state index in [2.05, 4.69) is 31.8 Å². The van der Waals surface area contributed by atoms with Gasteiger partial charge in [-0.1, -0.05) is 39.0 Å². The summed E-state index contributed by atoms with van der Waals surface area (Å²) in [7, 11) is 3.21. The van der Waals surface area contributed by atoms with E-state index < -0.39 is 11.2 Å². The molecule has 9 heteroatoms. The quantitative estimate of drug-likeness (QED) is 0.176. The smallest absolute Gasteiger partial charge is 0.332 e. The van der Waals surface area contributed by atoms with Crippen molar-refractivity contribution in [3.8, 4) is 22.6 Å². The third-order valence-electron chi connectivity index (χ3n) is 5.73. The van der Waals surface area contributed by atoms with E-state index in [-0.39, 0.29) is 5.41 Å². The molecule has 0 amide bonds. The van der Waals surface area contributed by atoms with Crippen LogP contribution in [0.1, 0.15) is 26.3 Å². The first-order valence-corrected chi connectivity index (χ1v) is 11.7. The van der Waals surface area contributed by atoms with Gasteiger partial charge in [0.1, 0.15) is 18.0 Å². The van der Waals surface area contributed by atoms with Crippen LogP contribution in [0.2, 0.25) is 0 Å². The van der Waals surface area contributed by atoms with E-state index in [0.717, 1.165) is 51.1 Å². The summed E-state index contributed by atoms with van der Waals surface area (Å²) >= 11 is 1.05.